The molecule has 98 valence electrons. The van der Waals surface area contributed by atoms with Crippen LogP contribution in [0.5, 0.6) is 0 Å². The molecule has 0 aliphatic carbocycles. The molecule has 1 saturated heterocycles. The van der Waals surface area contributed by atoms with E-state index in [-0.39, 0.29) is 18.0 Å². The minimum Gasteiger partial charge on any atom is -0.352 e. The molecule has 1 aliphatic heterocycles. The summed E-state index contributed by atoms with van der Waals surface area (Å²) in [6.45, 7) is 3.03. The first kappa shape index (κ1) is 13.1. The average Bonchev–Trinajstić information content (AvgIpc) is 2.40. The Morgan fingerprint density at radius 3 is 2.83 bits per heavy atom. The monoisotopic (exact) mass is 246 g/mol. The minimum atomic E-state index is 0.0111. The lowest BCUT2D eigenvalue weighted by Gasteiger charge is -2.24. The molecule has 1 aromatic carbocycles. The van der Waals surface area contributed by atoms with E-state index >= 15 is 0 Å². The Hall–Kier alpha value is -1.35. The van der Waals surface area contributed by atoms with Gasteiger partial charge >= 0.3 is 0 Å². The number of carbonyl (C=O) groups is 1. The van der Waals surface area contributed by atoms with E-state index in [0.29, 0.717) is 0 Å². The second-order valence-corrected chi connectivity index (χ2v) is 5.10. The molecular weight excluding hydrogens is 224 g/mol. The van der Waals surface area contributed by atoms with Gasteiger partial charge in [-0.3, -0.25) is 4.79 Å². The summed E-state index contributed by atoms with van der Waals surface area (Å²) in [6, 6.07) is 10.5. The number of piperidine rings is 1. The molecule has 2 atom stereocenters. The second kappa shape index (κ2) is 6.55. The lowest BCUT2D eigenvalue weighted by molar-refractivity contribution is -0.124. The van der Waals surface area contributed by atoms with Gasteiger partial charge in [0.05, 0.1) is 6.04 Å². The first-order valence-electron chi connectivity index (χ1n) is 6.83. The lowest BCUT2D eigenvalue weighted by Crippen LogP contribution is -2.49. The highest BCUT2D eigenvalue weighted by molar-refractivity contribution is 5.82. The summed E-state index contributed by atoms with van der Waals surface area (Å²) in [5.41, 5.74) is 1.27. The van der Waals surface area contributed by atoms with Crippen molar-refractivity contribution in [2.45, 2.75) is 44.7 Å². The number of carbonyl (C=O) groups excluding carboxylic acids is 1. The molecule has 3 heteroatoms. The average molecular weight is 246 g/mol. The fourth-order valence-corrected chi connectivity index (χ4v) is 2.44. The van der Waals surface area contributed by atoms with Crippen LogP contribution in [-0.4, -0.2) is 24.5 Å². The van der Waals surface area contributed by atoms with E-state index in [1.807, 2.05) is 18.2 Å². The smallest absolute Gasteiger partial charge is 0.237 e. The summed E-state index contributed by atoms with van der Waals surface area (Å²) in [5.74, 6) is 0.151. The van der Waals surface area contributed by atoms with E-state index < -0.39 is 0 Å². The lowest BCUT2D eigenvalue weighted by atomic mass is 10.0. The molecule has 0 spiro atoms. The Bertz CT molecular complexity index is 371. The van der Waals surface area contributed by atoms with E-state index in [4.69, 9.17) is 0 Å². The van der Waals surface area contributed by atoms with Gasteiger partial charge < -0.3 is 10.6 Å². The van der Waals surface area contributed by atoms with E-state index in [1.165, 1.54) is 12.0 Å². The third-order valence-corrected chi connectivity index (χ3v) is 3.40. The third-order valence-electron chi connectivity index (χ3n) is 3.40. The number of hydrogen-bond donors (Lipinski definition) is 2. The zero-order valence-electron chi connectivity index (χ0n) is 11.0. The fourth-order valence-electron chi connectivity index (χ4n) is 2.44. The van der Waals surface area contributed by atoms with Gasteiger partial charge in [0.2, 0.25) is 5.91 Å². The highest BCUT2D eigenvalue weighted by Crippen LogP contribution is 2.08. The Morgan fingerprint density at radius 2 is 2.17 bits per heavy atom. The van der Waals surface area contributed by atoms with Gasteiger partial charge in [-0.25, -0.2) is 0 Å². The maximum absolute atomic E-state index is 12.0. The molecule has 18 heavy (non-hydrogen) atoms. The molecule has 0 bridgehead atoms. The van der Waals surface area contributed by atoms with Crippen LogP contribution in [0.2, 0.25) is 0 Å². The number of benzene rings is 1. The Morgan fingerprint density at radius 1 is 1.39 bits per heavy atom. The molecule has 0 aromatic heterocycles. The predicted octanol–water partition coefficient (Wildman–Crippen LogP) is 1.88. The van der Waals surface area contributed by atoms with Crippen LogP contribution in [0.15, 0.2) is 30.3 Å². The molecule has 1 heterocycles. The van der Waals surface area contributed by atoms with Gasteiger partial charge in [0.15, 0.2) is 0 Å². The highest BCUT2D eigenvalue weighted by atomic mass is 16.2. The van der Waals surface area contributed by atoms with E-state index in [2.05, 4.69) is 29.7 Å². The third kappa shape index (κ3) is 3.84. The summed E-state index contributed by atoms with van der Waals surface area (Å²) in [4.78, 5) is 12.0. The number of rotatable bonds is 4. The molecule has 1 aromatic rings. The zero-order valence-corrected chi connectivity index (χ0v) is 11.0. The molecule has 1 amide bonds. The van der Waals surface area contributed by atoms with E-state index in [1.54, 1.807) is 0 Å². The van der Waals surface area contributed by atoms with Crippen LogP contribution < -0.4 is 10.6 Å². The van der Waals surface area contributed by atoms with Crippen molar-refractivity contribution in [1.29, 1.82) is 0 Å². The summed E-state index contributed by atoms with van der Waals surface area (Å²) < 4.78 is 0. The molecule has 3 nitrogen and oxygen atoms in total. The summed E-state index contributed by atoms with van der Waals surface area (Å²) in [6.07, 6.45) is 4.19. The Kier molecular flexibility index (Phi) is 4.76. The van der Waals surface area contributed by atoms with Gasteiger partial charge in [-0.05, 0) is 38.3 Å². The standard InChI is InChI=1S/C15H22N2O/c1-12(11-13-7-3-2-4-8-13)17-15(18)14-9-5-6-10-16-14/h2-4,7-8,12,14,16H,5-6,9-11H2,1H3,(H,17,18)/t12?,14-/m0/s1. The van der Waals surface area contributed by atoms with Crippen molar-refractivity contribution in [3.8, 4) is 0 Å². The topological polar surface area (TPSA) is 41.1 Å². The highest BCUT2D eigenvalue weighted by Gasteiger charge is 2.21. The van der Waals surface area contributed by atoms with Crippen molar-refractivity contribution in [1.82, 2.24) is 10.6 Å². The van der Waals surface area contributed by atoms with Gasteiger partial charge in [-0.1, -0.05) is 36.8 Å². The Labute approximate surface area is 109 Å². The van der Waals surface area contributed by atoms with Gasteiger partial charge in [-0.2, -0.15) is 0 Å². The SMILES string of the molecule is CC(Cc1ccccc1)NC(=O)[C@@H]1CCCCN1. The maximum atomic E-state index is 12.0. The van der Waals surface area contributed by atoms with Crippen molar-refractivity contribution in [3.63, 3.8) is 0 Å². The first-order chi connectivity index (χ1) is 8.75. The normalized spacial score (nSPS) is 21.3. The summed E-state index contributed by atoms with van der Waals surface area (Å²) >= 11 is 0. The first-order valence-corrected chi connectivity index (χ1v) is 6.83. The number of amides is 1. The van der Waals surface area contributed by atoms with Gasteiger partial charge in [0, 0.05) is 6.04 Å². The minimum absolute atomic E-state index is 0.0111. The van der Waals surface area contributed by atoms with Crippen molar-refractivity contribution in [2.24, 2.45) is 0 Å². The molecule has 1 aliphatic rings. The molecular formula is C15H22N2O. The van der Waals surface area contributed by atoms with Gasteiger partial charge in [0.25, 0.3) is 0 Å². The Balaban J connectivity index is 1.79. The zero-order chi connectivity index (χ0) is 12.8. The van der Waals surface area contributed by atoms with Crippen molar-refractivity contribution >= 4 is 5.91 Å². The van der Waals surface area contributed by atoms with Crippen LogP contribution in [0.4, 0.5) is 0 Å². The molecule has 2 N–H and O–H groups in total. The maximum Gasteiger partial charge on any atom is 0.237 e. The van der Waals surface area contributed by atoms with Gasteiger partial charge in [-0.15, -0.1) is 0 Å². The van der Waals surface area contributed by atoms with Crippen LogP contribution in [0, 0.1) is 0 Å². The molecule has 1 fully saturated rings. The van der Waals surface area contributed by atoms with Crippen molar-refractivity contribution in [3.05, 3.63) is 35.9 Å². The van der Waals surface area contributed by atoms with Gasteiger partial charge in [0.1, 0.15) is 0 Å². The van der Waals surface area contributed by atoms with Crippen LogP contribution in [0.1, 0.15) is 31.7 Å². The number of hydrogen-bond acceptors (Lipinski definition) is 2. The van der Waals surface area contributed by atoms with Crippen LogP contribution in [-0.2, 0) is 11.2 Å². The molecule has 0 radical (unpaired) electrons. The molecule has 2 rings (SSSR count). The van der Waals surface area contributed by atoms with E-state index in [0.717, 1.165) is 25.8 Å². The fraction of sp³-hybridized carbons (Fsp3) is 0.533. The molecule has 0 saturated carbocycles. The largest absolute Gasteiger partial charge is 0.352 e. The second-order valence-electron chi connectivity index (χ2n) is 5.10. The summed E-state index contributed by atoms with van der Waals surface area (Å²) in [5, 5.41) is 6.37. The van der Waals surface area contributed by atoms with E-state index in [9.17, 15) is 4.79 Å². The number of nitrogens with one attached hydrogen (secondary N) is 2. The van der Waals surface area contributed by atoms with Crippen molar-refractivity contribution < 1.29 is 4.79 Å². The predicted molar refractivity (Wildman–Crippen MR) is 73.4 cm³/mol. The quantitative estimate of drug-likeness (QED) is 0.851. The van der Waals surface area contributed by atoms with Crippen LogP contribution >= 0.6 is 0 Å². The van der Waals surface area contributed by atoms with Crippen molar-refractivity contribution in [2.75, 3.05) is 6.54 Å². The van der Waals surface area contributed by atoms with Crippen LogP contribution in [0.3, 0.4) is 0 Å². The van der Waals surface area contributed by atoms with Crippen LogP contribution in [0.25, 0.3) is 0 Å². The summed E-state index contributed by atoms with van der Waals surface area (Å²) in [7, 11) is 0. The molecule has 1 unspecified atom stereocenters.